The van der Waals surface area contributed by atoms with E-state index in [2.05, 4.69) is 15.6 Å². The zero-order valence-corrected chi connectivity index (χ0v) is 12.9. The number of benzene rings is 1. The number of ether oxygens (including phenoxy) is 1. The van der Waals surface area contributed by atoms with Gasteiger partial charge in [0.2, 0.25) is 0 Å². The van der Waals surface area contributed by atoms with Crippen LogP contribution in [0.1, 0.15) is 5.76 Å². The summed E-state index contributed by atoms with van der Waals surface area (Å²) in [6, 6.07) is 8.89. The molecule has 0 aliphatic carbocycles. The average Bonchev–Trinajstić information content (AvgIpc) is 3.15. The van der Waals surface area contributed by atoms with Gasteiger partial charge in [-0.25, -0.2) is 4.68 Å². The van der Waals surface area contributed by atoms with E-state index >= 15 is 0 Å². The number of nitrogens with zero attached hydrogens (tertiary/aromatic N) is 3. The molecular weight excluding hydrogens is 320 g/mol. The first kappa shape index (κ1) is 15.1. The number of hydrogen-bond donors (Lipinski definition) is 1. The fourth-order valence-corrected chi connectivity index (χ4v) is 2.13. The van der Waals surface area contributed by atoms with Crippen LogP contribution in [-0.4, -0.2) is 27.5 Å². The van der Waals surface area contributed by atoms with Gasteiger partial charge in [-0.2, -0.15) is 5.10 Å². The Hall–Kier alpha value is -2.80. The molecule has 0 aliphatic rings. The first-order valence-electron chi connectivity index (χ1n) is 6.77. The van der Waals surface area contributed by atoms with Crippen molar-refractivity contribution in [3.05, 3.63) is 53.5 Å². The van der Waals surface area contributed by atoms with Crippen LogP contribution in [0.25, 0.3) is 5.69 Å². The number of aryl methyl sites for hydroxylation is 1. The summed E-state index contributed by atoms with van der Waals surface area (Å²) in [5, 5.41) is 11.1. The van der Waals surface area contributed by atoms with E-state index in [4.69, 9.17) is 20.9 Å². The van der Waals surface area contributed by atoms with Gasteiger partial charge < -0.3 is 14.6 Å². The number of hydrogen-bond acceptors (Lipinski definition) is 5. The maximum absolute atomic E-state index is 11.8. The molecule has 23 heavy (non-hydrogen) atoms. The minimum Gasteiger partial charge on any atom is -0.465 e. The largest absolute Gasteiger partial charge is 0.465 e. The lowest BCUT2D eigenvalue weighted by atomic mass is 10.3. The first-order valence-corrected chi connectivity index (χ1v) is 7.15. The standard InChI is InChI=1S/C15H13ClN4O3/c1-10-6-15(19-23-10)22-9-14(21)18-11-7-17-20(8-11)13-5-3-2-4-12(13)16/h2-8H,9H2,1H3,(H,18,21). The lowest BCUT2D eigenvalue weighted by Crippen LogP contribution is -2.19. The number of carbonyl (C=O) groups excluding carboxylic acids is 1. The summed E-state index contributed by atoms with van der Waals surface area (Å²) in [7, 11) is 0. The molecule has 1 N–H and O–H groups in total. The monoisotopic (exact) mass is 332 g/mol. The molecular formula is C15H13ClN4O3. The van der Waals surface area contributed by atoms with Crippen LogP contribution in [0.4, 0.5) is 5.69 Å². The Balaban J connectivity index is 1.60. The van der Waals surface area contributed by atoms with Crippen LogP contribution in [0.2, 0.25) is 5.02 Å². The maximum Gasteiger partial charge on any atom is 0.262 e. The summed E-state index contributed by atoms with van der Waals surface area (Å²) in [6.07, 6.45) is 3.20. The molecule has 1 amide bonds. The molecule has 0 saturated carbocycles. The Labute approximate surface area is 136 Å². The highest BCUT2D eigenvalue weighted by molar-refractivity contribution is 6.32. The molecule has 0 fully saturated rings. The fraction of sp³-hybridized carbons (Fsp3) is 0.133. The number of anilines is 1. The van der Waals surface area contributed by atoms with Crippen LogP contribution in [0.15, 0.2) is 47.2 Å². The Morgan fingerprint density at radius 1 is 1.43 bits per heavy atom. The minimum atomic E-state index is -0.329. The molecule has 118 valence electrons. The van der Waals surface area contributed by atoms with E-state index < -0.39 is 0 Å². The Morgan fingerprint density at radius 3 is 3.00 bits per heavy atom. The van der Waals surface area contributed by atoms with Crippen LogP contribution >= 0.6 is 11.6 Å². The van der Waals surface area contributed by atoms with Crippen LogP contribution in [0.3, 0.4) is 0 Å². The molecule has 0 unspecified atom stereocenters. The molecule has 3 rings (SSSR count). The van der Waals surface area contributed by atoms with Crippen molar-refractivity contribution in [1.29, 1.82) is 0 Å². The highest BCUT2D eigenvalue weighted by atomic mass is 35.5. The predicted octanol–water partition coefficient (Wildman–Crippen LogP) is 2.84. The molecule has 0 aliphatic heterocycles. The van der Waals surface area contributed by atoms with Gasteiger partial charge in [0.15, 0.2) is 6.61 Å². The number of aromatic nitrogens is 3. The average molecular weight is 333 g/mol. The molecule has 0 atom stereocenters. The van der Waals surface area contributed by atoms with Crippen molar-refractivity contribution in [2.45, 2.75) is 6.92 Å². The number of amides is 1. The van der Waals surface area contributed by atoms with Gasteiger partial charge >= 0.3 is 0 Å². The quantitative estimate of drug-likeness (QED) is 0.777. The molecule has 0 saturated heterocycles. The van der Waals surface area contributed by atoms with Crippen molar-refractivity contribution in [3.63, 3.8) is 0 Å². The zero-order chi connectivity index (χ0) is 16.2. The Kier molecular flexibility index (Phi) is 4.29. The Bertz CT molecular complexity index is 828. The van der Waals surface area contributed by atoms with Crippen molar-refractivity contribution < 1.29 is 14.1 Å². The highest BCUT2D eigenvalue weighted by Gasteiger charge is 2.09. The zero-order valence-electron chi connectivity index (χ0n) is 12.2. The van der Waals surface area contributed by atoms with Crippen molar-refractivity contribution in [1.82, 2.24) is 14.9 Å². The summed E-state index contributed by atoms with van der Waals surface area (Å²) in [6.45, 7) is 1.56. The van der Waals surface area contributed by atoms with E-state index in [1.54, 1.807) is 29.9 Å². The molecule has 0 bridgehead atoms. The third-order valence-electron chi connectivity index (χ3n) is 2.92. The van der Waals surface area contributed by atoms with Crippen molar-refractivity contribution in [2.24, 2.45) is 0 Å². The second kappa shape index (κ2) is 6.53. The highest BCUT2D eigenvalue weighted by Crippen LogP contribution is 2.20. The van der Waals surface area contributed by atoms with E-state index in [1.807, 2.05) is 18.2 Å². The lowest BCUT2D eigenvalue weighted by Gasteiger charge is -2.04. The topological polar surface area (TPSA) is 82.2 Å². The van der Waals surface area contributed by atoms with Gasteiger partial charge in [-0.05, 0) is 24.2 Å². The fourth-order valence-electron chi connectivity index (χ4n) is 1.90. The number of carbonyl (C=O) groups is 1. The van der Waals surface area contributed by atoms with E-state index in [0.29, 0.717) is 16.5 Å². The van der Waals surface area contributed by atoms with Crippen molar-refractivity contribution in [2.75, 3.05) is 11.9 Å². The second-order valence-corrected chi connectivity index (χ2v) is 5.14. The third-order valence-corrected chi connectivity index (χ3v) is 3.24. The SMILES string of the molecule is Cc1cc(OCC(=O)Nc2cnn(-c3ccccc3Cl)c2)no1. The molecule has 3 aromatic rings. The van der Waals surface area contributed by atoms with Crippen LogP contribution in [-0.2, 0) is 4.79 Å². The smallest absolute Gasteiger partial charge is 0.262 e. The molecule has 0 spiro atoms. The molecule has 1 aromatic carbocycles. The third kappa shape index (κ3) is 3.70. The molecule has 2 heterocycles. The molecule has 8 heteroatoms. The Morgan fingerprint density at radius 2 is 2.26 bits per heavy atom. The van der Waals surface area contributed by atoms with E-state index in [1.165, 1.54) is 6.20 Å². The van der Waals surface area contributed by atoms with Crippen molar-refractivity contribution in [3.8, 4) is 11.6 Å². The predicted molar refractivity (Wildman–Crippen MR) is 83.9 cm³/mol. The van der Waals surface area contributed by atoms with Crippen molar-refractivity contribution >= 4 is 23.2 Å². The number of halogens is 1. The number of para-hydroxylation sites is 1. The van der Waals surface area contributed by atoms with E-state index in [-0.39, 0.29) is 18.4 Å². The van der Waals surface area contributed by atoms with Gasteiger partial charge in [-0.15, -0.1) is 0 Å². The van der Waals surface area contributed by atoms with Crippen LogP contribution in [0.5, 0.6) is 5.88 Å². The summed E-state index contributed by atoms with van der Waals surface area (Å²) in [5.41, 5.74) is 1.26. The van der Waals surface area contributed by atoms with Crippen LogP contribution in [0, 0.1) is 6.92 Å². The van der Waals surface area contributed by atoms with Gasteiger partial charge in [0.1, 0.15) is 5.76 Å². The number of rotatable bonds is 5. The molecule has 2 aromatic heterocycles. The number of nitrogens with one attached hydrogen (secondary N) is 1. The molecule has 0 radical (unpaired) electrons. The van der Waals surface area contributed by atoms with Crippen LogP contribution < -0.4 is 10.1 Å². The summed E-state index contributed by atoms with van der Waals surface area (Å²) < 4.78 is 11.6. The van der Waals surface area contributed by atoms with Gasteiger partial charge in [-0.3, -0.25) is 4.79 Å². The summed E-state index contributed by atoms with van der Waals surface area (Å²) in [5.74, 6) is 0.551. The minimum absolute atomic E-state index is 0.177. The maximum atomic E-state index is 11.8. The normalized spacial score (nSPS) is 10.5. The van der Waals surface area contributed by atoms with Gasteiger partial charge in [0.25, 0.3) is 11.8 Å². The molecule has 7 nitrogen and oxygen atoms in total. The lowest BCUT2D eigenvalue weighted by molar-refractivity contribution is -0.118. The summed E-state index contributed by atoms with van der Waals surface area (Å²) in [4.78, 5) is 11.8. The van der Waals surface area contributed by atoms with E-state index in [0.717, 1.165) is 5.69 Å². The van der Waals surface area contributed by atoms with Gasteiger partial charge in [0, 0.05) is 6.07 Å². The van der Waals surface area contributed by atoms with E-state index in [9.17, 15) is 4.79 Å². The van der Waals surface area contributed by atoms with Gasteiger partial charge in [0.05, 0.1) is 28.8 Å². The first-order chi connectivity index (χ1) is 11.1. The van der Waals surface area contributed by atoms with Gasteiger partial charge in [-0.1, -0.05) is 23.7 Å². The summed E-state index contributed by atoms with van der Waals surface area (Å²) >= 11 is 6.11. The second-order valence-electron chi connectivity index (χ2n) is 4.74.